The number of hydrogen-bond acceptors (Lipinski definition) is 1. The molecule has 0 saturated heterocycles. The standard InChI is InChI=1S/C10H19NO.ClH/c1-5-7-11(8-6-2)12-9-10(3)4;/h5-6,10H,1-2,7-9H2,3-4H3;1H. The van der Waals surface area contributed by atoms with Gasteiger partial charge >= 0.3 is 0 Å². The molecule has 0 heterocycles. The number of hydroxylamine groups is 2. The van der Waals surface area contributed by atoms with Crippen molar-refractivity contribution in [3.05, 3.63) is 25.3 Å². The fourth-order valence-electron chi connectivity index (χ4n) is 0.808. The summed E-state index contributed by atoms with van der Waals surface area (Å²) in [6.07, 6.45) is 3.72. The molecule has 0 spiro atoms. The van der Waals surface area contributed by atoms with E-state index in [2.05, 4.69) is 27.0 Å². The third kappa shape index (κ3) is 9.61. The van der Waals surface area contributed by atoms with Crippen molar-refractivity contribution in [2.45, 2.75) is 13.8 Å². The lowest BCUT2D eigenvalue weighted by atomic mass is 10.2. The molecule has 3 heteroatoms. The SMILES string of the molecule is C=CC[NH+](CC=C)OCC(C)C.[Cl-]. The highest BCUT2D eigenvalue weighted by molar-refractivity contribution is 4.66. The summed E-state index contributed by atoms with van der Waals surface area (Å²) >= 11 is 0. The molecule has 0 aliphatic rings. The number of rotatable bonds is 7. The fraction of sp³-hybridized carbons (Fsp3) is 0.600. The normalized spacial score (nSPS) is 9.85. The Labute approximate surface area is 87.6 Å². The Morgan fingerprint density at radius 2 is 1.69 bits per heavy atom. The van der Waals surface area contributed by atoms with Gasteiger partial charge in [0.2, 0.25) is 0 Å². The van der Waals surface area contributed by atoms with Crippen molar-refractivity contribution in [2.75, 3.05) is 19.7 Å². The fourth-order valence-corrected chi connectivity index (χ4v) is 0.808. The van der Waals surface area contributed by atoms with E-state index in [4.69, 9.17) is 4.84 Å². The predicted molar refractivity (Wildman–Crippen MR) is 51.9 cm³/mol. The summed E-state index contributed by atoms with van der Waals surface area (Å²) in [5, 5.41) is 1.06. The Morgan fingerprint density at radius 3 is 2.00 bits per heavy atom. The number of quaternary nitrogens is 1. The zero-order valence-corrected chi connectivity index (χ0v) is 9.31. The third-order valence-corrected chi connectivity index (χ3v) is 1.36. The van der Waals surface area contributed by atoms with Gasteiger partial charge in [0.05, 0.1) is 0 Å². The smallest absolute Gasteiger partial charge is 0.126 e. The minimum Gasteiger partial charge on any atom is -1.00 e. The van der Waals surface area contributed by atoms with Gasteiger partial charge in [-0.1, -0.05) is 27.0 Å². The molecule has 0 radical (unpaired) electrons. The molecular weight excluding hydrogens is 186 g/mol. The minimum atomic E-state index is 0. The summed E-state index contributed by atoms with van der Waals surface area (Å²) in [6.45, 7) is 14.1. The molecule has 0 aromatic rings. The first-order valence-corrected chi connectivity index (χ1v) is 4.40. The van der Waals surface area contributed by atoms with Crippen LogP contribution in [-0.4, -0.2) is 19.7 Å². The van der Waals surface area contributed by atoms with E-state index in [1.807, 2.05) is 12.2 Å². The lowest BCUT2D eigenvalue weighted by Crippen LogP contribution is -3.10. The molecular formula is C10H20ClNO. The first-order valence-electron chi connectivity index (χ1n) is 4.40. The van der Waals surface area contributed by atoms with Crippen molar-refractivity contribution < 1.29 is 22.3 Å². The molecule has 0 bridgehead atoms. The third-order valence-electron chi connectivity index (χ3n) is 1.36. The van der Waals surface area contributed by atoms with E-state index in [-0.39, 0.29) is 12.4 Å². The van der Waals surface area contributed by atoms with Crippen LogP contribution in [0.5, 0.6) is 0 Å². The van der Waals surface area contributed by atoms with Crippen LogP contribution in [0.2, 0.25) is 0 Å². The number of hydrogen-bond donors (Lipinski definition) is 1. The van der Waals surface area contributed by atoms with Gasteiger partial charge < -0.3 is 12.4 Å². The summed E-state index contributed by atoms with van der Waals surface area (Å²) < 4.78 is 0. The van der Waals surface area contributed by atoms with Crippen LogP contribution in [0.15, 0.2) is 25.3 Å². The Kier molecular flexibility index (Phi) is 11.4. The molecule has 0 aromatic carbocycles. The lowest BCUT2D eigenvalue weighted by Gasteiger charge is -2.15. The molecule has 0 atom stereocenters. The van der Waals surface area contributed by atoms with E-state index >= 15 is 0 Å². The van der Waals surface area contributed by atoms with Gasteiger partial charge in [-0.15, -0.1) is 0 Å². The predicted octanol–water partition coefficient (Wildman–Crippen LogP) is -2.17. The van der Waals surface area contributed by atoms with E-state index < -0.39 is 0 Å². The average Bonchev–Trinajstić information content (AvgIpc) is 2.01. The van der Waals surface area contributed by atoms with Crippen molar-refractivity contribution in [1.29, 1.82) is 0 Å². The molecule has 0 saturated carbocycles. The second-order valence-corrected chi connectivity index (χ2v) is 3.23. The molecule has 0 rings (SSSR count). The van der Waals surface area contributed by atoms with Crippen LogP contribution in [0.25, 0.3) is 0 Å². The average molecular weight is 206 g/mol. The summed E-state index contributed by atoms with van der Waals surface area (Å²) in [7, 11) is 0. The maximum absolute atomic E-state index is 5.56. The molecule has 0 aliphatic carbocycles. The molecule has 2 nitrogen and oxygen atoms in total. The zero-order valence-electron chi connectivity index (χ0n) is 8.55. The molecule has 0 unspecified atom stereocenters. The van der Waals surface area contributed by atoms with Crippen LogP contribution in [0.1, 0.15) is 13.8 Å². The van der Waals surface area contributed by atoms with Crippen LogP contribution >= 0.6 is 0 Å². The van der Waals surface area contributed by atoms with E-state index in [0.29, 0.717) is 5.92 Å². The Morgan fingerprint density at radius 1 is 1.23 bits per heavy atom. The summed E-state index contributed by atoms with van der Waals surface area (Å²) in [4.78, 5) is 5.56. The first-order chi connectivity index (χ1) is 5.70. The minimum absolute atomic E-state index is 0. The van der Waals surface area contributed by atoms with Gasteiger partial charge in [0, 0.05) is 0 Å². The van der Waals surface area contributed by atoms with Gasteiger partial charge in [0.15, 0.2) is 0 Å². The highest BCUT2D eigenvalue weighted by Crippen LogP contribution is 1.87. The van der Waals surface area contributed by atoms with Gasteiger partial charge in [0.1, 0.15) is 19.7 Å². The van der Waals surface area contributed by atoms with E-state index in [1.54, 1.807) is 0 Å². The Bertz CT molecular complexity index is 127. The second kappa shape index (κ2) is 9.78. The summed E-state index contributed by atoms with van der Waals surface area (Å²) in [6, 6.07) is 0. The molecule has 0 amide bonds. The summed E-state index contributed by atoms with van der Waals surface area (Å²) in [5.41, 5.74) is 0. The first kappa shape index (κ1) is 15.2. The highest BCUT2D eigenvalue weighted by Gasteiger charge is 2.05. The summed E-state index contributed by atoms with van der Waals surface area (Å²) in [5.74, 6) is 0.578. The highest BCUT2D eigenvalue weighted by atomic mass is 35.5. The molecule has 0 fully saturated rings. The monoisotopic (exact) mass is 205 g/mol. The van der Waals surface area contributed by atoms with Gasteiger partial charge in [-0.05, 0) is 18.1 Å². The molecule has 78 valence electrons. The second-order valence-electron chi connectivity index (χ2n) is 3.23. The quantitative estimate of drug-likeness (QED) is 0.369. The van der Waals surface area contributed by atoms with Crippen LogP contribution in [0.3, 0.4) is 0 Å². The van der Waals surface area contributed by atoms with Gasteiger partial charge in [-0.25, -0.2) is 4.84 Å². The van der Waals surface area contributed by atoms with E-state index in [9.17, 15) is 0 Å². The van der Waals surface area contributed by atoms with Crippen molar-refractivity contribution in [3.8, 4) is 0 Å². The molecule has 1 N–H and O–H groups in total. The molecule has 13 heavy (non-hydrogen) atoms. The van der Waals surface area contributed by atoms with Gasteiger partial charge in [-0.2, -0.15) is 5.06 Å². The van der Waals surface area contributed by atoms with Crippen LogP contribution < -0.4 is 17.5 Å². The van der Waals surface area contributed by atoms with E-state index in [1.165, 1.54) is 0 Å². The van der Waals surface area contributed by atoms with Gasteiger partial charge in [-0.3, -0.25) is 0 Å². The van der Waals surface area contributed by atoms with Crippen LogP contribution in [0, 0.1) is 5.92 Å². The Hall–Kier alpha value is -0.310. The van der Waals surface area contributed by atoms with Crippen LogP contribution in [0.4, 0.5) is 0 Å². The largest absolute Gasteiger partial charge is 1.00 e. The van der Waals surface area contributed by atoms with Crippen molar-refractivity contribution in [2.24, 2.45) is 5.92 Å². The van der Waals surface area contributed by atoms with Crippen molar-refractivity contribution in [3.63, 3.8) is 0 Å². The molecule has 0 aromatic heterocycles. The van der Waals surface area contributed by atoms with Crippen molar-refractivity contribution >= 4 is 0 Å². The maximum Gasteiger partial charge on any atom is 0.126 e. The Balaban J connectivity index is 0. The van der Waals surface area contributed by atoms with Crippen LogP contribution in [-0.2, 0) is 4.84 Å². The topological polar surface area (TPSA) is 13.7 Å². The maximum atomic E-state index is 5.56. The number of nitrogens with one attached hydrogen (secondary N) is 1. The lowest BCUT2D eigenvalue weighted by molar-refractivity contribution is -1.08. The number of halogens is 1. The van der Waals surface area contributed by atoms with Crippen molar-refractivity contribution in [1.82, 2.24) is 0 Å². The zero-order chi connectivity index (χ0) is 9.40. The van der Waals surface area contributed by atoms with E-state index in [0.717, 1.165) is 24.8 Å². The van der Waals surface area contributed by atoms with Gasteiger partial charge in [0.25, 0.3) is 0 Å². The molecule has 0 aliphatic heterocycles.